The molecule has 1 aliphatic rings. The van der Waals surface area contributed by atoms with Crippen LogP contribution in [-0.4, -0.2) is 31.5 Å². The Bertz CT molecular complexity index is 535. The van der Waals surface area contributed by atoms with Crippen LogP contribution in [0.4, 0.5) is 0 Å². The maximum Gasteiger partial charge on any atom is 0.0497 e. The first kappa shape index (κ1) is 21.4. The molecule has 0 saturated carbocycles. The number of hydrogen-bond acceptors (Lipinski definition) is 3. The predicted octanol–water partition coefficient (Wildman–Crippen LogP) is 4.45. The van der Waals surface area contributed by atoms with Gasteiger partial charge in [0.2, 0.25) is 0 Å². The van der Waals surface area contributed by atoms with Crippen LogP contribution in [0.1, 0.15) is 75.5 Å². The summed E-state index contributed by atoms with van der Waals surface area (Å²) in [4.78, 5) is 0. The summed E-state index contributed by atoms with van der Waals surface area (Å²) in [6.45, 7) is 9.53. The van der Waals surface area contributed by atoms with Crippen LogP contribution in [0.5, 0.6) is 0 Å². The van der Waals surface area contributed by atoms with E-state index < -0.39 is 0 Å². The molecule has 1 aromatic rings. The van der Waals surface area contributed by atoms with Gasteiger partial charge in [-0.05, 0) is 79.0 Å². The topological polar surface area (TPSA) is 55.5 Å². The molecule has 2 atom stereocenters. The highest BCUT2D eigenvalue weighted by Gasteiger charge is 2.21. The molecule has 2 rings (SSSR count). The van der Waals surface area contributed by atoms with Gasteiger partial charge in [-0.3, -0.25) is 0 Å². The Balaban J connectivity index is 1.86. The van der Waals surface area contributed by atoms with E-state index in [0.717, 1.165) is 51.7 Å². The van der Waals surface area contributed by atoms with Gasteiger partial charge in [0.1, 0.15) is 0 Å². The lowest BCUT2D eigenvalue weighted by atomic mass is 9.81. The van der Waals surface area contributed by atoms with E-state index in [-0.39, 0.29) is 6.61 Å². The highest BCUT2D eigenvalue weighted by Crippen LogP contribution is 2.30. The van der Waals surface area contributed by atoms with Crippen molar-refractivity contribution in [3.63, 3.8) is 0 Å². The van der Waals surface area contributed by atoms with Crippen molar-refractivity contribution in [2.24, 2.45) is 17.1 Å². The lowest BCUT2D eigenvalue weighted by Crippen LogP contribution is -2.21. The first-order valence-electron chi connectivity index (χ1n) is 10.4. The normalized spacial score (nSPS) is 18.6. The van der Waals surface area contributed by atoms with Crippen molar-refractivity contribution >= 4 is 0 Å². The van der Waals surface area contributed by atoms with E-state index in [1.54, 1.807) is 0 Å². The van der Waals surface area contributed by atoms with Crippen LogP contribution in [0.2, 0.25) is 0 Å². The standard InChI is InChI=1S/C23H39NO2/c1-23(2,3)11-13-26-17-18-7-8-20-15-21(10-9-19(20)14-18)22(16-24)6-4-5-12-25/h9-10,15,18,22,25H,4-8,11-14,16-17,24H2,1-3H3/t18-,22+/m1/s1. The third-order valence-electron chi connectivity index (χ3n) is 5.63. The van der Waals surface area contributed by atoms with E-state index in [2.05, 4.69) is 39.0 Å². The summed E-state index contributed by atoms with van der Waals surface area (Å²) in [7, 11) is 0. The fraction of sp³-hybridized carbons (Fsp3) is 0.739. The van der Waals surface area contributed by atoms with Crippen LogP contribution < -0.4 is 5.73 Å². The Morgan fingerprint density at radius 3 is 2.73 bits per heavy atom. The molecule has 0 aromatic heterocycles. The minimum absolute atomic E-state index is 0.278. The second-order valence-corrected chi connectivity index (χ2v) is 9.17. The molecular weight excluding hydrogens is 322 g/mol. The average molecular weight is 362 g/mol. The summed E-state index contributed by atoms with van der Waals surface area (Å²) in [5, 5.41) is 8.98. The summed E-state index contributed by atoms with van der Waals surface area (Å²) in [6, 6.07) is 6.99. The Morgan fingerprint density at radius 2 is 2.04 bits per heavy atom. The number of fused-ring (bicyclic) bond motifs is 1. The molecular formula is C23H39NO2. The third kappa shape index (κ3) is 7.02. The van der Waals surface area contributed by atoms with E-state index in [0.29, 0.717) is 23.8 Å². The van der Waals surface area contributed by atoms with Gasteiger partial charge < -0.3 is 15.6 Å². The summed E-state index contributed by atoms with van der Waals surface area (Å²) < 4.78 is 5.96. The van der Waals surface area contributed by atoms with E-state index in [1.165, 1.54) is 23.1 Å². The van der Waals surface area contributed by atoms with Gasteiger partial charge in [0, 0.05) is 19.8 Å². The van der Waals surface area contributed by atoms with Crippen LogP contribution >= 0.6 is 0 Å². The fourth-order valence-corrected chi connectivity index (χ4v) is 3.80. The molecule has 0 spiro atoms. The molecule has 148 valence electrons. The predicted molar refractivity (Wildman–Crippen MR) is 110 cm³/mol. The number of aliphatic hydroxyl groups excluding tert-OH is 1. The minimum atomic E-state index is 0.278. The van der Waals surface area contributed by atoms with E-state index in [4.69, 9.17) is 15.6 Å². The fourth-order valence-electron chi connectivity index (χ4n) is 3.80. The number of hydrogen-bond donors (Lipinski definition) is 2. The highest BCUT2D eigenvalue weighted by molar-refractivity contribution is 5.36. The molecule has 0 aliphatic heterocycles. The molecule has 3 N–H and O–H groups in total. The van der Waals surface area contributed by atoms with E-state index in [1.807, 2.05) is 0 Å². The molecule has 0 saturated heterocycles. The number of aryl methyl sites for hydroxylation is 1. The zero-order valence-corrected chi connectivity index (χ0v) is 17.1. The molecule has 0 bridgehead atoms. The molecule has 3 nitrogen and oxygen atoms in total. The molecule has 3 heteroatoms. The lowest BCUT2D eigenvalue weighted by Gasteiger charge is -2.27. The number of benzene rings is 1. The van der Waals surface area contributed by atoms with Gasteiger partial charge in [-0.1, -0.05) is 45.4 Å². The Hall–Kier alpha value is -0.900. The second kappa shape index (κ2) is 10.4. The maximum atomic E-state index is 8.98. The number of aliphatic hydroxyl groups is 1. The molecule has 26 heavy (non-hydrogen) atoms. The van der Waals surface area contributed by atoms with Crippen molar-refractivity contribution in [1.82, 2.24) is 0 Å². The average Bonchev–Trinajstić information content (AvgIpc) is 2.61. The first-order valence-corrected chi connectivity index (χ1v) is 10.4. The smallest absolute Gasteiger partial charge is 0.0497 e. The first-order chi connectivity index (χ1) is 12.4. The van der Waals surface area contributed by atoms with Crippen LogP contribution in [0.25, 0.3) is 0 Å². The molecule has 1 aromatic carbocycles. The van der Waals surface area contributed by atoms with Crippen molar-refractivity contribution < 1.29 is 9.84 Å². The van der Waals surface area contributed by atoms with Crippen molar-refractivity contribution in [3.8, 4) is 0 Å². The second-order valence-electron chi connectivity index (χ2n) is 9.17. The molecule has 0 radical (unpaired) electrons. The summed E-state index contributed by atoms with van der Waals surface area (Å²) >= 11 is 0. The van der Waals surface area contributed by atoms with Gasteiger partial charge >= 0.3 is 0 Å². The van der Waals surface area contributed by atoms with E-state index >= 15 is 0 Å². The van der Waals surface area contributed by atoms with Gasteiger partial charge in [-0.2, -0.15) is 0 Å². The van der Waals surface area contributed by atoms with Gasteiger partial charge in [-0.15, -0.1) is 0 Å². The summed E-state index contributed by atoms with van der Waals surface area (Å²) in [6.07, 6.45) is 7.63. The van der Waals surface area contributed by atoms with Crippen LogP contribution in [0, 0.1) is 11.3 Å². The number of ether oxygens (including phenoxy) is 1. The number of nitrogens with two attached hydrogens (primary N) is 1. The van der Waals surface area contributed by atoms with Crippen molar-refractivity contribution in [2.45, 2.75) is 71.6 Å². The zero-order valence-electron chi connectivity index (χ0n) is 17.1. The highest BCUT2D eigenvalue weighted by atomic mass is 16.5. The number of rotatable bonds is 10. The maximum absolute atomic E-state index is 8.98. The Kier molecular flexibility index (Phi) is 8.59. The lowest BCUT2D eigenvalue weighted by molar-refractivity contribution is 0.0756. The van der Waals surface area contributed by atoms with Crippen molar-refractivity contribution in [2.75, 3.05) is 26.4 Å². The molecule has 0 unspecified atom stereocenters. The van der Waals surface area contributed by atoms with Crippen molar-refractivity contribution in [1.29, 1.82) is 0 Å². The van der Waals surface area contributed by atoms with Crippen molar-refractivity contribution in [3.05, 3.63) is 34.9 Å². The van der Waals surface area contributed by atoms with Gasteiger partial charge in [-0.25, -0.2) is 0 Å². The number of unbranched alkanes of at least 4 members (excludes halogenated alkanes) is 1. The van der Waals surface area contributed by atoms with Crippen LogP contribution in [0.15, 0.2) is 18.2 Å². The molecule has 0 amide bonds. The van der Waals surface area contributed by atoms with Gasteiger partial charge in [0.05, 0.1) is 0 Å². The molecule has 0 fully saturated rings. The minimum Gasteiger partial charge on any atom is -0.396 e. The van der Waals surface area contributed by atoms with Crippen LogP contribution in [0.3, 0.4) is 0 Å². The zero-order chi connectivity index (χ0) is 19.0. The quantitative estimate of drug-likeness (QED) is 0.605. The SMILES string of the molecule is CC(C)(C)CCOC[C@@H]1CCc2cc([C@H](CN)CCCCO)ccc2C1. The summed E-state index contributed by atoms with van der Waals surface area (Å²) in [5.41, 5.74) is 10.7. The summed E-state index contributed by atoms with van der Waals surface area (Å²) in [5.74, 6) is 1.08. The van der Waals surface area contributed by atoms with Gasteiger partial charge in [0.25, 0.3) is 0 Å². The van der Waals surface area contributed by atoms with E-state index in [9.17, 15) is 0 Å². The molecule has 1 aliphatic carbocycles. The monoisotopic (exact) mass is 361 g/mol. The largest absolute Gasteiger partial charge is 0.396 e. The third-order valence-corrected chi connectivity index (χ3v) is 5.63. The van der Waals surface area contributed by atoms with Crippen LogP contribution in [-0.2, 0) is 17.6 Å². The molecule has 0 heterocycles. The Morgan fingerprint density at radius 1 is 1.23 bits per heavy atom. The van der Waals surface area contributed by atoms with Gasteiger partial charge in [0.15, 0.2) is 0 Å². The Labute approximate surface area is 160 Å².